The van der Waals surface area contributed by atoms with Gasteiger partial charge in [-0.25, -0.2) is 9.97 Å². The van der Waals surface area contributed by atoms with Crippen molar-refractivity contribution in [1.29, 1.82) is 0 Å². The lowest BCUT2D eigenvalue weighted by Gasteiger charge is -2.07. The molecule has 0 saturated carbocycles. The van der Waals surface area contributed by atoms with Crippen LogP contribution in [-0.4, -0.2) is 22.0 Å². The van der Waals surface area contributed by atoms with Gasteiger partial charge in [-0.2, -0.15) is 4.98 Å². The molecule has 110 valence electrons. The first kappa shape index (κ1) is 14.2. The Morgan fingerprint density at radius 3 is 2.76 bits per heavy atom. The second-order valence-electron chi connectivity index (χ2n) is 4.64. The molecule has 5 nitrogen and oxygen atoms in total. The van der Waals surface area contributed by atoms with E-state index in [1.807, 2.05) is 14.0 Å². The highest BCUT2D eigenvalue weighted by molar-refractivity contribution is 7.18. The van der Waals surface area contributed by atoms with Gasteiger partial charge in [0.25, 0.3) is 0 Å². The van der Waals surface area contributed by atoms with Gasteiger partial charge in [-0.05, 0) is 19.4 Å². The van der Waals surface area contributed by atoms with E-state index in [2.05, 4.69) is 44.0 Å². The number of aryl methyl sites for hydroxylation is 2. The zero-order chi connectivity index (χ0) is 14.8. The number of thiazole rings is 1. The second-order valence-corrected chi connectivity index (χ2v) is 6.82. The van der Waals surface area contributed by atoms with Crippen LogP contribution in [0.2, 0.25) is 0 Å². The van der Waals surface area contributed by atoms with Crippen molar-refractivity contribution in [2.24, 2.45) is 0 Å². The highest BCUT2D eigenvalue weighted by Gasteiger charge is 2.11. The molecule has 0 aromatic carbocycles. The largest absolute Gasteiger partial charge is 0.364 e. The van der Waals surface area contributed by atoms with Gasteiger partial charge in [0.2, 0.25) is 5.95 Å². The quantitative estimate of drug-likeness (QED) is 0.751. The highest BCUT2D eigenvalue weighted by Crippen LogP contribution is 2.30. The van der Waals surface area contributed by atoms with Crippen LogP contribution in [0.3, 0.4) is 0 Å². The van der Waals surface area contributed by atoms with Crippen LogP contribution in [0.4, 0.5) is 11.8 Å². The molecule has 2 N–H and O–H groups in total. The van der Waals surface area contributed by atoms with Gasteiger partial charge in [0.05, 0.1) is 22.6 Å². The first-order valence-electron chi connectivity index (χ1n) is 6.82. The summed E-state index contributed by atoms with van der Waals surface area (Å²) in [4.78, 5) is 15.9. The number of thiophene rings is 1. The van der Waals surface area contributed by atoms with Gasteiger partial charge < -0.3 is 10.6 Å². The lowest BCUT2D eigenvalue weighted by molar-refractivity contribution is 1.04. The average Bonchev–Trinajstić information content (AvgIpc) is 3.10. The summed E-state index contributed by atoms with van der Waals surface area (Å²) in [6.07, 6.45) is 1.01. The number of anilines is 2. The molecule has 3 rings (SSSR count). The first-order valence-corrected chi connectivity index (χ1v) is 8.52. The number of rotatable bonds is 5. The van der Waals surface area contributed by atoms with Crippen LogP contribution in [-0.2, 0) is 13.0 Å². The molecule has 0 aliphatic heterocycles. The monoisotopic (exact) mass is 319 g/mol. The summed E-state index contributed by atoms with van der Waals surface area (Å²) < 4.78 is 0. The van der Waals surface area contributed by atoms with E-state index < -0.39 is 0 Å². The minimum atomic E-state index is 0.643. The Bertz CT molecular complexity index is 762. The van der Waals surface area contributed by atoms with Crippen molar-refractivity contribution >= 4 is 44.7 Å². The standard InChI is InChI=1S/C14H17N5S2/c1-4-10-5-11-12(16-6-9-7-20-8(2)17-9)18-14(15-3)19-13(11)21-10/h5,7H,4,6H2,1-3H3,(H2,15,16,18,19). The van der Waals surface area contributed by atoms with Crippen LogP contribution in [0.1, 0.15) is 22.5 Å². The minimum Gasteiger partial charge on any atom is -0.364 e. The fourth-order valence-corrected chi connectivity index (χ4v) is 3.64. The predicted molar refractivity (Wildman–Crippen MR) is 90.5 cm³/mol. The maximum absolute atomic E-state index is 4.54. The van der Waals surface area contributed by atoms with E-state index in [4.69, 9.17) is 0 Å². The molecule has 0 aliphatic carbocycles. The van der Waals surface area contributed by atoms with E-state index in [0.29, 0.717) is 12.5 Å². The van der Waals surface area contributed by atoms with Crippen molar-refractivity contribution in [3.63, 3.8) is 0 Å². The number of aromatic nitrogens is 3. The molecule has 3 aromatic heterocycles. The van der Waals surface area contributed by atoms with Gasteiger partial charge in [-0.15, -0.1) is 22.7 Å². The third-order valence-electron chi connectivity index (χ3n) is 3.12. The molecule has 0 fully saturated rings. The molecule has 3 heterocycles. The number of fused-ring (bicyclic) bond motifs is 1. The van der Waals surface area contributed by atoms with Crippen LogP contribution in [0.15, 0.2) is 11.4 Å². The zero-order valence-corrected chi connectivity index (χ0v) is 13.9. The topological polar surface area (TPSA) is 62.7 Å². The maximum Gasteiger partial charge on any atom is 0.225 e. The van der Waals surface area contributed by atoms with Crippen molar-refractivity contribution in [2.75, 3.05) is 17.7 Å². The molecule has 3 aromatic rings. The molecule has 21 heavy (non-hydrogen) atoms. The van der Waals surface area contributed by atoms with Crippen LogP contribution in [0.5, 0.6) is 0 Å². The van der Waals surface area contributed by atoms with Gasteiger partial charge in [0.15, 0.2) is 0 Å². The number of hydrogen-bond acceptors (Lipinski definition) is 7. The van der Waals surface area contributed by atoms with Gasteiger partial charge in [-0.1, -0.05) is 6.92 Å². The van der Waals surface area contributed by atoms with Gasteiger partial charge in [0.1, 0.15) is 10.6 Å². The van der Waals surface area contributed by atoms with Crippen molar-refractivity contribution in [3.8, 4) is 0 Å². The summed E-state index contributed by atoms with van der Waals surface area (Å²) >= 11 is 3.39. The molecule has 0 amide bonds. The average molecular weight is 319 g/mol. The molecular formula is C14H17N5S2. The van der Waals surface area contributed by atoms with E-state index in [0.717, 1.165) is 33.2 Å². The van der Waals surface area contributed by atoms with Crippen LogP contribution in [0, 0.1) is 6.92 Å². The van der Waals surface area contributed by atoms with Crippen LogP contribution >= 0.6 is 22.7 Å². The van der Waals surface area contributed by atoms with Gasteiger partial charge >= 0.3 is 0 Å². The molecule has 7 heteroatoms. The number of hydrogen-bond donors (Lipinski definition) is 2. The Morgan fingerprint density at radius 1 is 1.24 bits per heavy atom. The summed E-state index contributed by atoms with van der Waals surface area (Å²) in [6.45, 7) is 4.85. The van der Waals surface area contributed by atoms with Crippen LogP contribution in [0.25, 0.3) is 10.2 Å². The lowest BCUT2D eigenvalue weighted by Crippen LogP contribution is -2.05. The molecule has 0 spiro atoms. The van der Waals surface area contributed by atoms with Crippen LogP contribution < -0.4 is 10.6 Å². The highest BCUT2D eigenvalue weighted by atomic mass is 32.1. The van der Waals surface area contributed by atoms with E-state index >= 15 is 0 Å². The Kier molecular flexibility index (Phi) is 4.03. The Morgan fingerprint density at radius 2 is 2.10 bits per heavy atom. The predicted octanol–water partition coefficient (Wildman–Crippen LogP) is 3.67. The molecule has 0 radical (unpaired) electrons. The van der Waals surface area contributed by atoms with E-state index in [1.165, 1.54) is 4.88 Å². The Balaban J connectivity index is 1.93. The second kappa shape index (κ2) is 5.95. The van der Waals surface area contributed by atoms with E-state index in [1.54, 1.807) is 22.7 Å². The van der Waals surface area contributed by atoms with Crippen molar-refractivity contribution in [1.82, 2.24) is 15.0 Å². The summed E-state index contributed by atoms with van der Waals surface area (Å²) in [5, 5.41) is 10.7. The minimum absolute atomic E-state index is 0.643. The van der Waals surface area contributed by atoms with Gasteiger partial charge in [-0.3, -0.25) is 0 Å². The SMILES string of the molecule is CCc1cc2c(NCc3csc(C)n3)nc(NC)nc2s1. The van der Waals surface area contributed by atoms with Crippen molar-refractivity contribution in [3.05, 3.63) is 27.0 Å². The summed E-state index contributed by atoms with van der Waals surface area (Å²) in [5.41, 5.74) is 1.04. The molecule has 0 unspecified atom stereocenters. The Hall–Kier alpha value is -1.73. The van der Waals surface area contributed by atoms with Crippen molar-refractivity contribution in [2.45, 2.75) is 26.8 Å². The van der Waals surface area contributed by atoms with Crippen molar-refractivity contribution < 1.29 is 0 Å². The smallest absolute Gasteiger partial charge is 0.225 e. The normalized spacial score (nSPS) is 11.0. The molecule has 0 saturated heterocycles. The van der Waals surface area contributed by atoms with E-state index in [-0.39, 0.29) is 0 Å². The molecule has 0 aliphatic rings. The summed E-state index contributed by atoms with van der Waals surface area (Å²) in [7, 11) is 1.84. The summed E-state index contributed by atoms with van der Waals surface area (Å²) in [6, 6.07) is 2.17. The fourth-order valence-electron chi connectivity index (χ4n) is 2.06. The van der Waals surface area contributed by atoms with E-state index in [9.17, 15) is 0 Å². The zero-order valence-electron chi connectivity index (χ0n) is 12.2. The molecular weight excluding hydrogens is 302 g/mol. The maximum atomic E-state index is 4.54. The third kappa shape index (κ3) is 2.98. The lowest BCUT2D eigenvalue weighted by atomic mass is 10.3. The number of nitrogens with zero attached hydrogens (tertiary/aromatic N) is 3. The van der Waals surface area contributed by atoms with Gasteiger partial charge in [0, 0.05) is 17.3 Å². The number of nitrogens with one attached hydrogen (secondary N) is 2. The molecule has 0 atom stereocenters. The third-order valence-corrected chi connectivity index (χ3v) is 5.11. The summed E-state index contributed by atoms with van der Waals surface area (Å²) in [5.74, 6) is 1.51. The molecule has 0 bridgehead atoms. The first-order chi connectivity index (χ1) is 10.2. The Labute approximate surface area is 131 Å². The fraction of sp³-hybridized carbons (Fsp3) is 0.357.